The number of piperazine rings is 1. The quantitative estimate of drug-likeness (QED) is 0.622. The van der Waals surface area contributed by atoms with E-state index in [1.807, 2.05) is 0 Å². The Kier molecular flexibility index (Phi) is 7.25. The Morgan fingerprint density at radius 3 is 1.83 bits per heavy atom. The number of rotatable bonds is 7. The molecule has 1 aromatic carbocycles. The molecule has 0 atom stereocenters. The van der Waals surface area contributed by atoms with Crippen LogP contribution in [0.5, 0.6) is 0 Å². The van der Waals surface area contributed by atoms with E-state index in [2.05, 4.69) is 4.72 Å². The molecule has 0 bridgehead atoms. The third-order valence-corrected chi connectivity index (χ3v) is 11.0. The van der Waals surface area contributed by atoms with Gasteiger partial charge in [0.15, 0.2) is 0 Å². The molecule has 1 aromatic rings. The Bertz CT molecular complexity index is 1040. The number of nitrogens with one attached hydrogen (secondary N) is 1. The highest BCUT2D eigenvalue weighted by Gasteiger charge is 2.32. The molecular weight excluding hydrogens is 450 g/mol. The molecule has 0 spiro atoms. The summed E-state index contributed by atoms with van der Waals surface area (Å²) >= 11 is 0. The number of hydrogen-bond donors (Lipinski definition) is 1. The lowest BCUT2D eigenvalue weighted by Gasteiger charge is -2.33. The predicted octanol–water partition coefficient (Wildman–Crippen LogP) is 0.954. The lowest BCUT2D eigenvalue weighted by atomic mass is 9.96. The second kappa shape index (κ2) is 9.21. The van der Waals surface area contributed by atoms with Crippen LogP contribution in [0.25, 0.3) is 0 Å². The highest BCUT2D eigenvalue weighted by atomic mass is 32.2. The SMILES string of the molecule is CCS(=O)(=O)N1CCN(S(=O)(=O)c2ccc(S(=O)(=O)NC3CCCCC3)cc2)CC1. The van der Waals surface area contributed by atoms with E-state index in [1.54, 1.807) is 6.92 Å². The number of sulfonamides is 3. The van der Waals surface area contributed by atoms with Gasteiger partial charge < -0.3 is 0 Å². The van der Waals surface area contributed by atoms with Crippen LogP contribution in [0.2, 0.25) is 0 Å². The molecule has 0 radical (unpaired) electrons. The predicted molar refractivity (Wildman–Crippen MR) is 113 cm³/mol. The summed E-state index contributed by atoms with van der Waals surface area (Å²) in [5, 5.41) is 0. The van der Waals surface area contributed by atoms with Crippen molar-refractivity contribution in [1.29, 1.82) is 0 Å². The van der Waals surface area contributed by atoms with Crippen LogP contribution in [-0.2, 0) is 30.1 Å². The molecule has 1 aliphatic heterocycles. The summed E-state index contributed by atoms with van der Waals surface area (Å²) < 4.78 is 80.1. The minimum Gasteiger partial charge on any atom is -0.212 e. The van der Waals surface area contributed by atoms with E-state index in [0.29, 0.717) is 0 Å². The standard InChI is InChI=1S/C18H29N3O6S3/c1-2-28(22,23)20-12-14-21(15-13-20)30(26,27)18-10-8-17(9-11-18)29(24,25)19-16-6-4-3-5-7-16/h8-11,16,19H,2-7,12-15H2,1H3. The van der Waals surface area contributed by atoms with Gasteiger partial charge in [-0.15, -0.1) is 0 Å². The molecule has 0 unspecified atom stereocenters. The van der Waals surface area contributed by atoms with Crippen LogP contribution in [0, 0.1) is 0 Å². The Hall–Kier alpha value is -1.05. The van der Waals surface area contributed by atoms with Gasteiger partial charge in [0, 0.05) is 32.2 Å². The molecule has 12 heteroatoms. The molecule has 1 N–H and O–H groups in total. The highest BCUT2D eigenvalue weighted by Crippen LogP contribution is 2.23. The van der Waals surface area contributed by atoms with Gasteiger partial charge in [0.1, 0.15) is 0 Å². The zero-order chi connectivity index (χ0) is 22.0. The van der Waals surface area contributed by atoms with Gasteiger partial charge in [0.2, 0.25) is 30.1 Å². The number of nitrogens with zero attached hydrogens (tertiary/aromatic N) is 2. The summed E-state index contributed by atoms with van der Waals surface area (Å²) in [6, 6.07) is 5.11. The molecule has 1 aliphatic carbocycles. The normalized spacial score (nSPS) is 21.0. The molecule has 3 rings (SSSR count). The van der Waals surface area contributed by atoms with Gasteiger partial charge >= 0.3 is 0 Å². The number of benzene rings is 1. The van der Waals surface area contributed by atoms with Gasteiger partial charge in [-0.05, 0) is 44.0 Å². The van der Waals surface area contributed by atoms with Crippen LogP contribution in [0.3, 0.4) is 0 Å². The summed E-state index contributed by atoms with van der Waals surface area (Å²) in [5.74, 6) is -0.0232. The molecule has 30 heavy (non-hydrogen) atoms. The van der Waals surface area contributed by atoms with Crippen molar-refractivity contribution in [2.75, 3.05) is 31.9 Å². The molecular formula is C18H29N3O6S3. The van der Waals surface area contributed by atoms with Gasteiger partial charge in [-0.1, -0.05) is 19.3 Å². The summed E-state index contributed by atoms with van der Waals surface area (Å²) in [7, 11) is -10.9. The summed E-state index contributed by atoms with van der Waals surface area (Å²) in [4.78, 5) is 0.0248. The van der Waals surface area contributed by atoms with Crippen LogP contribution in [-0.4, -0.2) is 71.8 Å². The first-order chi connectivity index (χ1) is 14.1. The minimum atomic E-state index is -3.83. The molecule has 0 amide bonds. The zero-order valence-electron chi connectivity index (χ0n) is 17.0. The van der Waals surface area contributed by atoms with Gasteiger partial charge in [0.05, 0.1) is 15.5 Å². The van der Waals surface area contributed by atoms with Gasteiger partial charge in [-0.25, -0.2) is 30.0 Å². The largest absolute Gasteiger partial charge is 0.243 e. The van der Waals surface area contributed by atoms with E-state index in [1.165, 1.54) is 32.9 Å². The van der Waals surface area contributed by atoms with E-state index in [0.717, 1.165) is 32.1 Å². The van der Waals surface area contributed by atoms with Crippen LogP contribution >= 0.6 is 0 Å². The summed E-state index contributed by atoms with van der Waals surface area (Å²) in [5.41, 5.74) is 0. The maximum Gasteiger partial charge on any atom is 0.243 e. The van der Waals surface area contributed by atoms with Crippen LogP contribution in [0.1, 0.15) is 39.0 Å². The lowest BCUT2D eigenvalue weighted by Crippen LogP contribution is -2.50. The average Bonchev–Trinajstić information content (AvgIpc) is 2.74. The Balaban J connectivity index is 1.69. The molecule has 1 saturated heterocycles. The summed E-state index contributed by atoms with van der Waals surface area (Å²) in [6.45, 7) is 1.88. The van der Waals surface area contributed by atoms with Crippen molar-refractivity contribution in [1.82, 2.24) is 13.3 Å². The van der Waals surface area contributed by atoms with Crippen LogP contribution < -0.4 is 4.72 Å². The lowest BCUT2D eigenvalue weighted by molar-refractivity contribution is 0.273. The van der Waals surface area contributed by atoms with Crippen molar-refractivity contribution >= 4 is 30.1 Å². The molecule has 1 heterocycles. The van der Waals surface area contributed by atoms with E-state index >= 15 is 0 Å². The number of hydrogen-bond acceptors (Lipinski definition) is 6. The first-order valence-corrected chi connectivity index (χ1v) is 14.7. The molecule has 9 nitrogen and oxygen atoms in total. The summed E-state index contributed by atoms with van der Waals surface area (Å²) in [6.07, 6.45) is 4.73. The Morgan fingerprint density at radius 1 is 0.800 bits per heavy atom. The fourth-order valence-electron chi connectivity index (χ4n) is 3.82. The van der Waals surface area contributed by atoms with Gasteiger partial charge in [0.25, 0.3) is 0 Å². The minimum absolute atomic E-state index is 0.00841. The van der Waals surface area contributed by atoms with Crippen LogP contribution in [0.15, 0.2) is 34.1 Å². The van der Waals surface area contributed by atoms with E-state index in [-0.39, 0.29) is 47.8 Å². The maximum absolute atomic E-state index is 12.9. The highest BCUT2D eigenvalue weighted by molar-refractivity contribution is 7.90. The van der Waals surface area contributed by atoms with E-state index in [4.69, 9.17) is 0 Å². The first kappa shape index (κ1) is 23.6. The topological polar surface area (TPSA) is 121 Å². The smallest absolute Gasteiger partial charge is 0.212 e. The maximum atomic E-state index is 12.9. The van der Waals surface area contributed by atoms with E-state index in [9.17, 15) is 25.3 Å². The van der Waals surface area contributed by atoms with Crippen molar-refractivity contribution in [2.45, 2.75) is 54.9 Å². The third-order valence-electron chi connectivity index (χ3n) is 5.65. The fraction of sp³-hybridized carbons (Fsp3) is 0.667. The Morgan fingerprint density at radius 2 is 1.30 bits per heavy atom. The van der Waals surface area contributed by atoms with Crippen LogP contribution in [0.4, 0.5) is 0 Å². The second-order valence-electron chi connectivity index (χ2n) is 7.63. The molecule has 1 saturated carbocycles. The van der Waals surface area contributed by atoms with Gasteiger partial charge in [-0.3, -0.25) is 0 Å². The van der Waals surface area contributed by atoms with Crippen molar-refractivity contribution in [3.05, 3.63) is 24.3 Å². The molecule has 2 fully saturated rings. The molecule has 0 aromatic heterocycles. The van der Waals surface area contributed by atoms with Crippen molar-refractivity contribution in [3.8, 4) is 0 Å². The van der Waals surface area contributed by atoms with Crippen molar-refractivity contribution in [2.24, 2.45) is 0 Å². The van der Waals surface area contributed by atoms with E-state index < -0.39 is 30.1 Å². The Labute approximate surface area is 179 Å². The molecule has 2 aliphatic rings. The zero-order valence-corrected chi connectivity index (χ0v) is 19.5. The average molecular weight is 480 g/mol. The second-order valence-corrected chi connectivity index (χ2v) is 13.5. The molecule has 170 valence electrons. The van der Waals surface area contributed by atoms with Crippen molar-refractivity contribution < 1.29 is 25.3 Å². The van der Waals surface area contributed by atoms with Gasteiger partial charge in [-0.2, -0.15) is 8.61 Å². The first-order valence-electron chi connectivity index (χ1n) is 10.2. The monoisotopic (exact) mass is 479 g/mol. The fourth-order valence-corrected chi connectivity index (χ4v) is 7.63. The van der Waals surface area contributed by atoms with Crippen molar-refractivity contribution in [3.63, 3.8) is 0 Å². The third kappa shape index (κ3) is 5.22.